The van der Waals surface area contributed by atoms with Gasteiger partial charge in [-0.2, -0.15) is 5.06 Å². The van der Waals surface area contributed by atoms with Gasteiger partial charge in [0.25, 0.3) is 5.56 Å². The first-order chi connectivity index (χ1) is 23.5. The van der Waals surface area contributed by atoms with Crippen molar-refractivity contribution in [1.82, 2.24) is 24.4 Å². The lowest BCUT2D eigenvalue weighted by Crippen LogP contribution is -2.60. The second-order valence-corrected chi connectivity index (χ2v) is 14.8. The van der Waals surface area contributed by atoms with E-state index in [0.717, 1.165) is 16.7 Å². The lowest BCUT2D eigenvalue weighted by molar-refractivity contribution is -0.177. The number of hydrogen-bond acceptors (Lipinski definition) is 8. The van der Waals surface area contributed by atoms with Gasteiger partial charge >= 0.3 is 12.6 Å². The fourth-order valence-corrected chi connectivity index (χ4v) is 7.83. The van der Waals surface area contributed by atoms with Crippen LogP contribution < -0.4 is 11.2 Å². The van der Waals surface area contributed by atoms with Crippen molar-refractivity contribution < 1.29 is 23.6 Å². The number of aromatic nitrogens is 2. The fourth-order valence-electron chi connectivity index (χ4n) is 7.12. The Morgan fingerprint density at radius 3 is 2.00 bits per heavy atom. The first kappa shape index (κ1) is 35.0. The summed E-state index contributed by atoms with van der Waals surface area (Å²) in [5.41, 5.74) is 1.37. The first-order valence-corrected chi connectivity index (χ1v) is 18.6. The Morgan fingerprint density at radius 2 is 1.49 bits per heavy atom. The summed E-state index contributed by atoms with van der Waals surface area (Å²) >= 11 is 5.67. The molecule has 14 heteroatoms. The van der Waals surface area contributed by atoms with Gasteiger partial charge in [-0.15, -0.1) is 0 Å². The standard InChI is InChI=1S/C35H39ClN5O7P/c1-25-21-40(34(44)37-33(25)43)32-24-39(23-31(47-32)20-30-22-38(26(2)42)18-19-41(30)48-49(36,45)46)35(27-12-6-3-7-13-27,28-14-8-4-9-15-28)29-16-10-5-11-17-29/h3-17,21,30-32H,18-20,22-24H2,1-2H3,(H,45,46)(H,37,43,44). The van der Waals surface area contributed by atoms with Crippen molar-refractivity contribution in [2.45, 2.75) is 44.2 Å². The summed E-state index contributed by atoms with van der Waals surface area (Å²) in [5.74, 6) is -0.140. The minimum absolute atomic E-state index is 0.140. The van der Waals surface area contributed by atoms with E-state index in [-0.39, 0.29) is 38.5 Å². The third kappa shape index (κ3) is 7.51. The van der Waals surface area contributed by atoms with E-state index in [9.17, 15) is 23.8 Å². The molecule has 6 rings (SSSR count). The number of carbonyl (C=O) groups excluding carboxylic acids is 1. The zero-order valence-corrected chi connectivity index (χ0v) is 28.9. The van der Waals surface area contributed by atoms with Crippen LogP contribution in [-0.4, -0.2) is 80.1 Å². The molecule has 4 atom stereocenters. The smallest absolute Gasteiger partial charge is 0.352 e. The van der Waals surface area contributed by atoms with Crippen molar-refractivity contribution in [2.24, 2.45) is 0 Å². The highest BCUT2D eigenvalue weighted by atomic mass is 35.7. The van der Waals surface area contributed by atoms with Gasteiger partial charge in [-0.1, -0.05) is 91.0 Å². The molecule has 3 aromatic carbocycles. The maximum atomic E-state index is 13.3. The van der Waals surface area contributed by atoms with Crippen LogP contribution in [0.25, 0.3) is 0 Å². The van der Waals surface area contributed by atoms with Gasteiger partial charge < -0.3 is 14.5 Å². The van der Waals surface area contributed by atoms with Gasteiger partial charge in [0, 0.05) is 62.6 Å². The molecular formula is C35H39ClN5O7P. The second-order valence-electron chi connectivity index (χ2n) is 12.4. The number of benzene rings is 3. The number of hydrogen-bond donors (Lipinski definition) is 2. The molecule has 2 N–H and O–H groups in total. The molecule has 0 saturated carbocycles. The molecule has 0 bridgehead atoms. The Labute approximate surface area is 288 Å². The van der Waals surface area contributed by atoms with E-state index in [2.05, 4.69) is 46.3 Å². The van der Waals surface area contributed by atoms with Crippen LogP contribution in [0.5, 0.6) is 0 Å². The van der Waals surface area contributed by atoms with Gasteiger partial charge in [0.15, 0.2) is 6.23 Å². The topological polar surface area (TPSA) is 137 Å². The van der Waals surface area contributed by atoms with Crippen molar-refractivity contribution in [3.8, 4) is 0 Å². The number of aromatic amines is 1. The third-order valence-electron chi connectivity index (χ3n) is 9.27. The molecule has 12 nitrogen and oxygen atoms in total. The van der Waals surface area contributed by atoms with Gasteiger partial charge in [-0.25, -0.2) is 14.0 Å². The summed E-state index contributed by atoms with van der Waals surface area (Å²) in [6, 6.07) is 29.8. The highest BCUT2D eigenvalue weighted by molar-refractivity contribution is 7.80. The van der Waals surface area contributed by atoms with Crippen LogP contribution in [-0.2, 0) is 24.3 Å². The van der Waals surface area contributed by atoms with Crippen molar-refractivity contribution in [2.75, 3.05) is 32.7 Å². The summed E-state index contributed by atoms with van der Waals surface area (Å²) in [6.07, 6.45) is 0.310. The van der Waals surface area contributed by atoms with E-state index in [1.165, 1.54) is 22.8 Å². The molecule has 2 saturated heterocycles. The fraction of sp³-hybridized carbons (Fsp3) is 0.343. The van der Waals surface area contributed by atoms with Crippen LogP contribution in [0, 0.1) is 6.92 Å². The number of H-pyrrole nitrogens is 1. The average Bonchev–Trinajstić information content (AvgIpc) is 3.08. The molecule has 1 aromatic heterocycles. The molecule has 0 radical (unpaired) electrons. The lowest BCUT2D eigenvalue weighted by atomic mass is 9.75. The van der Waals surface area contributed by atoms with E-state index in [4.69, 9.17) is 20.6 Å². The Balaban J connectivity index is 1.51. The van der Waals surface area contributed by atoms with E-state index >= 15 is 0 Å². The maximum Gasteiger partial charge on any atom is 0.438 e. The van der Waals surface area contributed by atoms with E-state index in [1.807, 2.05) is 54.6 Å². The Bertz CT molecular complexity index is 1820. The second kappa shape index (κ2) is 14.5. The summed E-state index contributed by atoms with van der Waals surface area (Å²) < 4.78 is 25.6. The number of hydroxylamine groups is 2. The molecule has 2 aliphatic heterocycles. The quantitative estimate of drug-likeness (QED) is 0.194. The number of ether oxygens (including phenoxy) is 1. The molecule has 4 aromatic rings. The molecule has 258 valence electrons. The van der Waals surface area contributed by atoms with E-state index in [1.54, 1.807) is 11.8 Å². The number of piperazine rings is 1. The number of nitrogens with one attached hydrogen (secondary N) is 1. The lowest BCUT2D eigenvalue weighted by Gasteiger charge is -2.51. The molecule has 49 heavy (non-hydrogen) atoms. The zero-order valence-electron chi connectivity index (χ0n) is 27.2. The van der Waals surface area contributed by atoms with Crippen LogP contribution in [0.3, 0.4) is 0 Å². The van der Waals surface area contributed by atoms with Gasteiger partial charge in [-0.3, -0.25) is 24.0 Å². The minimum Gasteiger partial charge on any atom is -0.352 e. The van der Waals surface area contributed by atoms with E-state index in [0.29, 0.717) is 12.1 Å². The number of amides is 1. The predicted molar refractivity (Wildman–Crippen MR) is 185 cm³/mol. The van der Waals surface area contributed by atoms with Gasteiger partial charge in [0.05, 0.1) is 17.7 Å². The number of morpholine rings is 1. The monoisotopic (exact) mass is 707 g/mol. The average molecular weight is 708 g/mol. The van der Waals surface area contributed by atoms with Crippen LogP contribution in [0.15, 0.2) is 107 Å². The molecule has 4 unspecified atom stereocenters. The minimum atomic E-state index is -4.44. The molecule has 1 amide bonds. The summed E-state index contributed by atoms with van der Waals surface area (Å²) in [6.45, 7) is -0.0920. The summed E-state index contributed by atoms with van der Waals surface area (Å²) in [7, 11) is 0. The highest BCUT2D eigenvalue weighted by Gasteiger charge is 2.47. The SMILES string of the molecule is CC(=O)N1CCN(OP(=O)(O)Cl)C(CC2CN(C(c3ccccc3)(c3ccccc3)c3ccccc3)CC(n3cc(C)c(=O)[nH]c3=O)O2)C1. The largest absolute Gasteiger partial charge is 0.438 e. The van der Waals surface area contributed by atoms with Crippen LogP contribution >= 0.6 is 18.2 Å². The number of carbonyl (C=O) groups is 1. The molecule has 2 fully saturated rings. The van der Waals surface area contributed by atoms with Crippen LogP contribution in [0.4, 0.5) is 0 Å². The zero-order chi connectivity index (χ0) is 34.8. The third-order valence-corrected chi connectivity index (χ3v) is 9.87. The Kier molecular flexibility index (Phi) is 10.4. The molecule has 3 heterocycles. The maximum absolute atomic E-state index is 13.3. The summed E-state index contributed by atoms with van der Waals surface area (Å²) in [4.78, 5) is 54.5. The van der Waals surface area contributed by atoms with Crippen molar-refractivity contribution in [1.29, 1.82) is 0 Å². The van der Waals surface area contributed by atoms with Crippen molar-refractivity contribution in [3.05, 3.63) is 140 Å². The normalized spacial score (nSPS) is 22.0. The molecular weight excluding hydrogens is 669 g/mol. The van der Waals surface area contributed by atoms with Crippen molar-refractivity contribution >= 4 is 24.1 Å². The molecule has 0 spiro atoms. The first-order valence-electron chi connectivity index (χ1n) is 16.1. The Hall–Kier alpha value is -3.87. The number of nitrogens with zero attached hydrogens (tertiary/aromatic N) is 4. The number of halogens is 1. The van der Waals surface area contributed by atoms with E-state index < -0.39 is 42.1 Å². The predicted octanol–water partition coefficient (Wildman–Crippen LogP) is 4.23. The van der Waals surface area contributed by atoms with Gasteiger partial charge in [0.2, 0.25) is 5.91 Å². The van der Waals surface area contributed by atoms with Gasteiger partial charge in [0.1, 0.15) is 0 Å². The van der Waals surface area contributed by atoms with Crippen LogP contribution in [0.1, 0.15) is 41.8 Å². The number of rotatable bonds is 9. The Morgan fingerprint density at radius 1 is 0.939 bits per heavy atom. The highest BCUT2D eigenvalue weighted by Crippen LogP contribution is 2.49. The molecule has 0 aliphatic carbocycles. The number of aryl methyl sites for hydroxylation is 1. The molecule has 2 aliphatic rings. The van der Waals surface area contributed by atoms with Crippen molar-refractivity contribution in [3.63, 3.8) is 0 Å². The van der Waals surface area contributed by atoms with Gasteiger partial charge in [-0.05, 0) is 30.0 Å². The van der Waals surface area contributed by atoms with Crippen LogP contribution in [0.2, 0.25) is 0 Å². The summed E-state index contributed by atoms with van der Waals surface area (Å²) in [5, 5.41) is 1.36.